The Morgan fingerprint density at radius 2 is 0.800 bits per heavy atom. The number of allylic oxidation sites excluding steroid dienone is 1. The first kappa shape index (κ1) is 54.3. The molecule has 0 aromatic carbocycles. The Labute approximate surface area is 342 Å². The Hall–Kier alpha value is -0.720. The van der Waals surface area contributed by atoms with Crippen LogP contribution in [0.15, 0.2) is 12.2 Å². The monoisotopic (exact) mass is 800 g/mol. The van der Waals surface area contributed by atoms with E-state index in [0.29, 0.717) is 6.42 Å². The van der Waals surface area contributed by atoms with Crippen LogP contribution in [0.4, 0.5) is 0 Å². The summed E-state index contributed by atoms with van der Waals surface area (Å²) < 4.78 is 15.9. The molecule has 0 fully saturated rings. The van der Waals surface area contributed by atoms with E-state index >= 15 is 0 Å². The highest BCUT2D eigenvalue weighted by molar-refractivity contribution is 7.46. The Morgan fingerprint density at radius 3 is 1.11 bits per heavy atom. The number of phosphoric ester groups is 1. The van der Waals surface area contributed by atoms with Gasteiger partial charge in [-0.1, -0.05) is 251 Å². The molecule has 0 aromatic rings. The summed E-state index contributed by atoms with van der Waals surface area (Å²) in [6.45, 7) is 4.10. The van der Waals surface area contributed by atoms with Crippen molar-refractivity contribution in [2.45, 2.75) is 276 Å². The minimum Gasteiger partial charge on any atom is -0.387 e. The van der Waals surface area contributed by atoms with Crippen molar-refractivity contribution < 1.29 is 28.8 Å². The van der Waals surface area contributed by atoms with Crippen molar-refractivity contribution in [2.75, 3.05) is 6.61 Å². The third kappa shape index (κ3) is 44.2. The summed E-state index contributed by atoms with van der Waals surface area (Å²) in [7, 11) is -4.71. The van der Waals surface area contributed by atoms with Crippen LogP contribution in [-0.2, 0) is 13.9 Å². The third-order valence-corrected chi connectivity index (χ3v) is 11.7. The van der Waals surface area contributed by atoms with Crippen LogP contribution < -0.4 is 5.32 Å². The first-order chi connectivity index (χ1) is 26.8. The molecule has 328 valence electrons. The predicted octanol–water partition coefficient (Wildman–Crippen LogP) is 14.8. The van der Waals surface area contributed by atoms with Crippen LogP contribution in [0.2, 0.25) is 0 Å². The molecule has 7 nitrogen and oxygen atoms in total. The number of carbonyl (C=O) groups excluding carboxylic acids is 1. The highest BCUT2D eigenvalue weighted by Crippen LogP contribution is 2.36. The Bertz CT molecular complexity index is 864. The Kier molecular flexibility index (Phi) is 42.3. The second-order valence-electron chi connectivity index (χ2n) is 16.8. The number of hydrogen-bond acceptors (Lipinski definition) is 4. The number of carbonyl (C=O) groups is 1. The number of amides is 1. The molecule has 0 rings (SSSR count). The molecule has 1 amide bonds. The molecular formula is C47H94NO6P. The molecule has 0 radical (unpaired) electrons. The van der Waals surface area contributed by atoms with E-state index in [4.69, 9.17) is 0 Å². The van der Waals surface area contributed by atoms with Crippen molar-refractivity contribution in [3.63, 3.8) is 0 Å². The number of phosphoric acid groups is 1. The third-order valence-electron chi connectivity index (χ3n) is 11.2. The summed E-state index contributed by atoms with van der Waals surface area (Å²) in [5.41, 5.74) is 0. The van der Waals surface area contributed by atoms with Crippen LogP contribution in [0.5, 0.6) is 0 Å². The van der Waals surface area contributed by atoms with Crippen LogP contribution in [0.25, 0.3) is 0 Å². The Morgan fingerprint density at radius 1 is 0.509 bits per heavy atom. The van der Waals surface area contributed by atoms with Crippen molar-refractivity contribution in [1.82, 2.24) is 5.32 Å². The van der Waals surface area contributed by atoms with Gasteiger partial charge in [-0.05, 0) is 19.3 Å². The number of unbranched alkanes of at least 4 members (excludes halogenated alkanes) is 36. The SMILES string of the molecule is CCCCCCCCCCCCCC/C=C/[C@@H](O)[C@H](COP(=O)(O)O)NC(=O)CCCCCCCCCCCCCCCCCCCCCCCCCCC. The minimum atomic E-state index is -4.71. The topological polar surface area (TPSA) is 116 Å². The maximum absolute atomic E-state index is 12.6. The van der Waals surface area contributed by atoms with Gasteiger partial charge in [0.2, 0.25) is 5.91 Å². The zero-order valence-electron chi connectivity index (χ0n) is 36.6. The number of nitrogens with one attached hydrogen (secondary N) is 1. The maximum Gasteiger partial charge on any atom is 0.469 e. The number of aliphatic hydroxyl groups excluding tert-OH is 1. The van der Waals surface area contributed by atoms with Gasteiger partial charge in [-0.25, -0.2) is 4.57 Å². The molecule has 0 spiro atoms. The molecule has 0 aliphatic heterocycles. The van der Waals surface area contributed by atoms with E-state index in [1.54, 1.807) is 6.08 Å². The fourth-order valence-corrected chi connectivity index (χ4v) is 7.93. The fourth-order valence-electron chi connectivity index (χ4n) is 7.58. The predicted molar refractivity (Wildman–Crippen MR) is 236 cm³/mol. The molecule has 0 heterocycles. The summed E-state index contributed by atoms with van der Waals surface area (Å²) >= 11 is 0. The molecule has 8 heteroatoms. The van der Waals surface area contributed by atoms with Gasteiger partial charge in [-0.15, -0.1) is 0 Å². The lowest BCUT2D eigenvalue weighted by Gasteiger charge is -2.22. The van der Waals surface area contributed by atoms with Gasteiger partial charge in [0.15, 0.2) is 0 Å². The number of aliphatic hydroxyl groups is 1. The Balaban J connectivity index is 3.78. The van der Waals surface area contributed by atoms with E-state index < -0.39 is 26.6 Å². The highest BCUT2D eigenvalue weighted by atomic mass is 31.2. The quantitative estimate of drug-likeness (QED) is 0.0277. The summed E-state index contributed by atoms with van der Waals surface area (Å²) in [6.07, 6.45) is 52.5. The summed E-state index contributed by atoms with van der Waals surface area (Å²) in [6, 6.07) is -0.905. The average molecular weight is 800 g/mol. The van der Waals surface area contributed by atoms with Gasteiger partial charge in [-0.3, -0.25) is 9.32 Å². The van der Waals surface area contributed by atoms with E-state index in [2.05, 4.69) is 23.7 Å². The zero-order valence-corrected chi connectivity index (χ0v) is 37.5. The molecular weight excluding hydrogens is 705 g/mol. The van der Waals surface area contributed by atoms with Crippen molar-refractivity contribution in [1.29, 1.82) is 0 Å². The van der Waals surface area contributed by atoms with Crippen molar-refractivity contribution in [2.24, 2.45) is 0 Å². The zero-order chi connectivity index (χ0) is 40.3. The molecule has 0 saturated heterocycles. The smallest absolute Gasteiger partial charge is 0.387 e. The van der Waals surface area contributed by atoms with Crippen LogP contribution in [-0.4, -0.2) is 39.6 Å². The summed E-state index contributed by atoms with van der Waals surface area (Å²) in [4.78, 5) is 31.0. The number of hydrogen-bond donors (Lipinski definition) is 4. The molecule has 2 atom stereocenters. The molecule has 0 aromatic heterocycles. The second kappa shape index (κ2) is 42.9. The molecule has 4 N–H and O–H groups in total. The van der Waals surface area contributed by atoms with Crippen LogP contribution in [0, 0.1) is 0 Å². The van der Waals surface area contributed by atoms with E-state index in [0.717, 1.165) is 38.5 Å². The summed E-state index contributed by atoms with van der Waals surface area (Å²) in [5, 5.41) is 13.4. The van der Waals surface area contributed by atoms with Crippen molar-refractivity contribution >= 4 is 13.7 Å². The van der Waals surface area contributed by atoms with Gasteiger partial charge < -0.3 is 20.2 Å². The molecule has 0 unspecified atom stereocenters. The van der Waals surface area contributed by atoms with Gasteiger partial charge in [-0.2, -0.15) is 0 Å². The largest absolute Gasteiger partial charge is 0.469 e. The highest BCUT2D eigenvalue weighted by Gasteiger charge is 2.24. The summed E-state index contributed by atoms with van der Waals surface area (Å²) in [5.74, 6) is -0.221. The van der Waals surface area contributed by atoms with E-state index in [9.17, 15) is 24.3 Å². The van der Waals surface area contributed by atoms with Crippen LogP contribution >= 0.6 is 7.82 Å². The molecule has 55 heavy (non-hydrogen) atoms. The molecule has 0 aliphatic carbocycles. The number of rotatable bonds is 45. The van der Waals surface area contributed by atoms with Gasteiger partial charge in [0, 0.05) is 6.42 Å². The lowest BCUT2D eigenvalue weighted by molar-refractivity contribution is -0.123. The standard InChI is InChI=1S/C47H94NO6P/c1-3-5-7-9-11-13-15-17-19-20-21-22-23-24-25-26-27-28-29-31-33-35-37-39-41-43-47(50)48-45(44-54-55(51,52)53)46(49)42-40-38-36-34-32-30-18-16-14-12-10-8-6-4-2/h40,42,45-46,49H,3-39,41,43-44H2,1-2H3,(H,48,50)(H2,51,52,53)/b42-40+/t45-,46+/m0/s1. The maximum atomic E-state index is 12.6. The van der Waals surface area contributed by atoms with Gasteiger partial charge in [0.25, 0.3) is 0 Å². The average Bonchev–Trinajstić information content (AvgIpc) is 3.16. The van der Waals surface area contributed by atoms with Gasteiger partial charge in [0.1, 0.15) is 0 Å². The van der Waals surface area contributed by atoms with Crippen LogP contribution in [0.3, 0.4) is 0 Å². The molecule has 0 saturated carbocycles. The fraction of sp³-hybridized carbons (Fsp3) is 0.936. The molecule has 0 bridgehead atoms. The lowest BCUT2D eigenvalue weighted by atomic mass is 10.0. The van der Waals surface area contributed by atoms with Crippen molar-refractivity contribution in [3.05, 3.63) is 12.2 Å². The lowest BCUT2D eigenvalue weighted by Crippen LogP contribution is -2.45. The van der Waals surface area contributed by atoms with Crippen LogP contribution in [0.1, 0.15) is 264 Å². The van der Waals surface area contributed by atoms with Gasteiger partial charge >= 0.3 is 7.82 Å². The molecule has 0 aliphatic rings. The van der Waals surface area contributed by atoms with Crippen molar-refractivity contribution in [3.8, 4) is 0 Å². The second-order valence-corrected chi connectivity index (χ2v) is 18.0. The first-order valence-electron chi connectivity index (χ1n) is 24.1. The van der Waals surface area contributed by atoms with E-state index in [1.807, 2.05) is 6.08 Å². The normalized spacial score (nSPS) is 13.2. The van der Waals surface area contributed by atoms with E-state index in [-0.39, 0.29) is 5.91 Å². The van der Waals surface area contributed by atoms with Gasteiger partial charge in [0.05, 0.1) is 18.8 Å². The van der Waals surface area contributed by atoms with E-state index in [1.165, 1.54) is 205 Å². The minimum absolute atomic E-state index is 0.221. The first-order valence-corrected chi connectivity index (χ1v) is 25.7.